The number of alkyl carbamates (subject to hydrolysis) is 1. The largest absolute Gasteiger partial charge is 0.479 e. The molecule has 0 spiro atoms. The Bertz CT molecular complexity index is 2910. The number of anilines is 1. The highest BCUT2D eigenvalue weighted by Crippen LogP contribution is 3.07. The Kier molecular flexibility index (Phi) is 11.9. The number of hydrogen-bond acceptors (Lipinski definition) is 18. The van der Waals surface area contributed by atoms with E-state index in [-0.39, 0.29) is 65.5 Å². The number of ether oxygens (including phenoxy) is 5. The lowest BCUT2D eigenvalue weighted by molar-refractivity contribution is -0.624. The summed E-state index contributed by atoms with van der Waals surface area (Å²) < 4.78 is 30.3. The minimum atomic E-state index is -1.96. The smallest absolute Gasteiger partial charge is 0.407 e. The van der Waals surface area contributed by atoms with Gasteiger partial charge in [0.15, 0.2) is 29.6 Å². The van der Waals surface area contributed by atoms with E-state index >= 15 is 0 Å². The Labute approximate surface area is 446 Å². The van der Waals surface area contributed by atoms with Crippen molar-refractivity contribution in [1.29, 1.82) is 0 Å². The molecule has 14 rings (SSSR count). The van der Waals surface area contributed by atoms with Crippen LogP contribution in [0.15, 0.2) is 66.3 Å². The second-order valence-electron chi connectivity index (χ2n) is 24.3. The number of rotatable bonds is 17. The maximum Gasteiger partial charge on any atom is 0.407 e. The lowest BCUT2D eigenvalue weighted by Gasteiger charge is -3.11. The number of fused-ring (bicyclic) bond motifs is 7. The number of amides is 3. The lowest BCUT2D eigenvalue weighted by Crippen LogP contribution is -3.15. The van der Waals surface area contributed by atoms with Gasteiger partial charge in [-0.05, 0) is 120 Å². The van der Waals surface area contributed by atoms with Gasteiger partial charge in [-0.2, -0.15) is 0 Å². The number of aliphatic hydroxyl groups is 5. The first-order valence-electron chi connectivity index (χ1n) is 27.0. The first kappa shape index (κ1) is 51.8. The predicted octanol–water partition coefficient (Wildman–Crippen LogP) is 0.855. The van der Waals surface area contributed by atoms with Gasteiger partial charge in [-0.3, -0.25) is 24.0 Å². The van der Waals surface area contributed by atoms with Gasteiger partial charge in [0, 0.05) is 35.3 Å². The number of ketones is 2. The highest BCUT2D eigenvalue weighted by molar-refractivity contribution is 6.01. The molecule has 78 heavy (non-hydrogen) atoms. The minimum Gasteiger partial charge on any atom is -0.479 e. The third-order valence-electron chi connectivity index (χ3n) is 21.3. The van der Waals surface area contributed by atoms with E-state index < -0.39 is 109 Å². The van der Waals surface area contributed by atoms with E-state index in [2.05, 4.69) is 39.8 Å². The van der Waals surface area contributed by atoms with E-state index in [1.165, 1.54) is 23.8 Å². The van der Waals surface area contributed by atoms with Gasteiger partial charge in [-0.25, -0.2) is 15.5 Å². The molecule has 416 valence electrons. The molecule has 0 radical (unpaired) electrons. The van der Waals surface area contributed by atoms with Crippen LogP contribution in [0.25, 0.3) is 0 Å². The van der Waals surface area contributed by atoms with E-state index in [0.717, 1.165) is 30.4 Å². The number of aliphatic carboxylic acids is 1. The monoisotopic (exact) mass is 1080 g/mol. The summed E-state index contributed by atoms with van der Waals surface area (Å²) in [5.74, 6) is 4.09. The summed E-state index contributed by atoms with van der Waals surface area (Å²) in [6.07, 6.45) is -3.96. The van der Waals surface area contributed by atoms with Gasteiger partial charge in [0.05, 0.1) is 23.4 Å². The second kappa shape index (κ2) is 17.9. The summed E-state index contributed by atoms with van der Waals surface area (Å²) in [6, 6.07) is 12.5. The number of carboxylic acids is 1. The normalized spacial score (nSPS) is 44.6. The number of carbonyl (C=O) groups excluding carboxylic acids is 5. The zero-order chi connectivity index (χ0) is 54.7. The fraction of sp³-hybridized carbons (Fsp3) is 0.607. The minimum absolute atomic E-state index is 0.00363. The molecule has 2 saturated heterocycles. The lowest BCUT2D eigenvalue weighted by atomic mass is 8.94. The molecular weight excluding hydrogens is 1020 g/mol. The molecule has 22 heteroatoms. The molecule has 14 atom stereocenters. The van der Waals surface area contributed by atoms with E-state index in [0.29, 0.717) is 53.9 Å². The summed E-state index contributed by atoms with van der Waals surface area (Å²) in [4.78, 5) is 80.7. The molecular formula is C56H64N4O18. The Morgan fingerprint density at radius 3 is 2.28 bits per heavy atom. The molecule has 0 aromatic heterocycles. The number of Topliss-reactive ketones (excluding diaryl/α,β-unsaturated/α-hetero) is 1. The summed E-state index contributed by atoms with van der Waals surface area (Å²) in [5.41, 5.74) is 0.624. The summed E-state index contributed by atoms with van der Waals surface area (Å²) in [7, 11) is 0. The van der Waals surface area contributed by atoms with Crippen molar-refractivity contribution >= 4 is 41.1 Å². The molecule has 3 amide bonds. The number of nitrogens with one attached hydrogen (secondary N) is 3. The van der Waals surface area contributed by atoms with Crippen molar-refractivity contribution in [3.05, 3.63) is 83.0 Å². The molecule has 12 aliphatic rings. The van der Waals surface area contributed by atoms with Gasteiger partial charge in [-0.15, -0.1) is 0 Å². The molecule has 22 nitrogen and oxygen atoms in total. The molecule has 0 unspecified atom stereocenters. The quantitative estimate of drug-likeness (QED) is 0.0982. The second-order valence-corrected chi connectivity index (χ2v) is 24.3. The zero-order valence-corrected chi connectivity index (χ0v) is 42.8. The van der Waals surface area contributed by atoms with E-state index in [9.17, 15) is 59.4 Å². The van der Waals surface area contributed by atoms with Crippen molar-refractivity contribution in [2.24, 2.45) is 75.4 Å². The first-order chi connectivity index (χ1) is 37.3. The van der Waals surface area contributed by atoms with Crippen molar-refractivity contribution in [1.82, 2.24) is 10.6 Å². The van der Waals surface area contributed by atoms with E-state index in [1.54, 1.807) is 12.2 Å². The SMILES string of the molecule is C[C@]12C=CC(=O)C=C1CC[C@@H]1[C@@H]2[C@@H](O)C[C@@]2(C)[C@H]1C[C@H]1O[C@@H](c3ccc(CC45C6C7C4C4C5C6C74NC(=O)OCc4ccc(O[C@@H]5O[C@H](C(=O)O)[C@@H](O)[C@H](O)[C@H]5O)c(NC(=O)CCNC(=O)CON)c4)cc3)O[C@]12C(=O)CO. The summed E-state index contributed by atoms with van der Waals surface area (Å²) >= 11 is 0. The Morgan fingerprint density at radius 2 is 1.59 bits per heavy atom. The third kappa shape index (κ3) is 6.78. The number of aliphatic hydroxyl groups excluding tert-OH is 5. The molecule has 9 saturated carbocycles. The van der Waals surface area contributed by atoms with Crippen LogP contribution in [-0.4, -0.2) is 140 Å². The zero-order valence-electron chi connectivity index (χ0n) is 42.8. The molecule has 2 aromatic carbocycles. The number of benzene rings is 2. The number of allylic oxidation sites excluding steroid dienone is 4. The van der Waals surface area contributed by atoms with Crippen LogP contribution in [0.2, 0.25) is 0 Å². The predicted molar refractivity (Wildman–Crippen MR) is 264 cm³/mol. The van der Waals surface area contributed by atoms with Gasteiger partial charge in [0.25, 0.3) is 0 Å². The van der Waals surface area contributed by atoms with Crippen molar-refractivity contribution in [3.8, 4) is 5.75 Å². The molecule has 2 aliphatic heterocycles. The van der Waals surface area contributed by atoms with Crippen LogP contribution in [0.1, 0.15) is 68.9 Å². The van der Waals surface area contributed by atoms with Crippen LogP contribution in [0, 0.1) is 69.5 Å². The molecule has 2 heterocycles. The average Bonchev–Trinajstić information content (AvgIpc) is 0.688. The fourth-order valence-corrected chi connectivity index (χ4v) is 18.5. The van der Waals surface area contributed by atoms with Gasteiger partial charge in [-0.1, -0.05) is 55.8 Å². The molecule has 11 N–H and O–H groups in total. The first-order valence-corrected chi connectivity index (χ1v) is 27.0. The van der Waals surface area contributed by atoms with Crippen molar-refractivity contribution in [2.45, 2.75) is 119 Å². The Balaban J connectivity index is 0.631. The van der Waals surface area contributed by atoms with Crippen LogP contribution in [0.4, 0.5) is 10.5 Å². The molecule has 10 aliphatic carbocycles. The standard InChI is InChI=1S/C56H64N4O18/c1-52-13-11-27(62)16-26(52)8-9-28-29-17-34-56(33(64)20-61,53(29,2)19-31(63)37(28)52)78-49(76-34)25-6-3-23(4-7-25)18-54-38-41-39(54)43-40(54)42(38)55(41,43)60-51(72)73-21-24-5-10-32(30(15-24)59-35(65)12-14-58-36(66)22-74-57)75-50-46(69)44(67)45(68)47(77-50)48(70)71/h3-7,10-11,13,15-16,28-29,31,34,37-47,49-50,61,63,67-69H,8-9,12,14,17-22,57H2,1-2H3,(H,58,66)(H,59,65)(H,60,72)(H,70,71)/t28-,29-,31-,34+,37+,38?,39?,40?,41?,42?,43?,44-,45-,46+,47-,49+,50+,52-,53-,54?,55?,56+/m0/s1. The summed E-state index contributed by atoms with van der Waals surface area (Å²) in [6.45, 7) is 2.71. The number of carboxylic acid groups (broad SMARTS) is 1. The molecule has 11 fully saturated rings. The van der Waals surface area contributed by atoms with Crippen LogP contribution < -0.4 is 26.6 Å². The summed E-state index contributed by atoms with van der Waals surface area (Å²) in [5, 5.41) is 71.4. The highest BCUT2D eigenvalue weighted by atomic mass is 16.7. The van der Waals surface area contributed by atoms with Crippen LogP contribution in [-0.2, 0) is 60.8 Å². The van der Waals surface area contributed by atoms with Crippen LogP contribution in [0.5, 0.6) is 5.75 Å². The van der Waals surface area contributed by atoms with Gasteiger partial charge in [0.2, 0.25) is 18.1 Å². The van der Waals surface area contributed by atoms with E-state index in [4.69, 9.17) is 29.6 Å². The average molecular weight is 1080 g/mol. The van der Waals surface area contributed by atoms with Crippen molar-refractivity contribution in [3.63, 3.8) is 0 Å². The van der Waals surface area contributed by atoms with Crippen LogP contribution >= 0.6 is 0 Å². The van der Waals surface area contributed by atoms with Gasteiger partial charge >= 0.3 is 12.1 Å². The van der Waals surface area contributed by atoms with Crippen molar-refractivity contribution < 1.29 is 87.9 Å². The van der Waals surface area contributed by atoms with Gasteiger partial charge < -0.3 is 70.3 Å². The maximum absolute atomic E-state index is 14.1. The number of hydrogen-bond donors (Lipinski definition) is 10. The van der Waals surface area contributed by atoms with Crippen molar-refractivity contribution in [2.75, 3.05) is 25.1 Å². The number of nitrogens with two attached hydrogens (primary N) is 1. The maximum atomic E-state index is 14.1. The third-order valence-corrected chi connectivity index (χ3v) is 21.3. The Hall–Kier alpha value is -5.66. The number of carbonyl (C=O) groups is 6. The Morgan fingerprint density at radius 1 is 0.872 bits per heavy atom. The molecule has 2 aromatic rings. The highest BCUT2D eigenvalue weighted by Gasteiger charge is 3.10. The fourth-order valence-electron chi connectivity index (χ4n) is 18.5. The topological polar surface area (TPSA) is 341 Å². The van der Waals surface area contributed by atoms with E-state index in [1.807, 2.05) is 25.1 Å². The van der Waals surface area contributed by atoms with Crippen LogP contribution in [0.3, 0.4) is 0 Å². The van der Waals surface area contributed by atoms with Gasteiger partial charge in [0.1, 0.15) is 43.9 Å². The molecule has 0 bridgehead atoms.